The van der Waals surface area contributed by atoms with E-state index in [0.29, 0.717) is 23.9 Å². The number of thioether (sulfide) groups is 1. The van der Waals surface area contributed by atoms with Crippen LogP contribution in [0.1, 0.15) is 36.5 Å². The van der Waals surface area contributed by atoms with Gasteiger partial charge in [0.1, 0.15) is 23.3 Å². The molecule has 0 spiro atoms. The van der Waals surface area contributed by atoms with Gasteiger partial charge in [0.15, 0.2) is 11.0 Å². The number of furan rings is 2. The lowest BCUT2D eigenvalue weighted by molar-refractivity contribution is -0.130. The van der Waals surface area contributed by atoms with Gasteiger partial charge in [-0.2, -0.15) is 5.10 Å². The molecule has 4 aromatic rings. The molecule has 0 aliphatic carbocycles. The van der Waals surface area contributed by atoms with E-state index >= 15 is 0 Å². The minimum absolute atomic E-state index is 0.133. The second kappa shape index (κ2) is 9.83. The standard InChI is InChI=1S/C25H25N5O4S/c1-4-29-24(19-11-13-33-16(19)2)26-27-25(29)35-15-23(31)30-21(22-6-5-12-34-22)14-20(28-30)17-7-9-18(32-3)10-8-17/h5-13,21H,4,14-15H2,1-3H3. The lowest BCUT2D eigenvalue weighted by atomic mass is 10.0. The molecule has 1 amide bonds. The molecule has 0 N–H and O–H groups in total. The maximum absolute atomic E-state index is 13.4. The average Bonchev–Trinajstić information content (AvgIpc) is 3.68. The Morgan fingerprint density at radius 1 is 1.14 bits per heavy atom. The monoisotopic (exact) mass is 491 g/mol. The third-order valence-electron chi connectivity index (χ3n) is 5.92. The summed E-state index contributed by atoms with van der Waals surface area (Å²) < 4.78 is 18.3. The number of carbonyl (C=O) groups is 1. The Morgan fingerprint density at radius 2 is 1.97 bits per heavy atom. The Balaban J connectivity index is 1.36. The first-order valence-corrected chi connectivity index (χ1v) is 12.3. The molecule has 10 heteroatoms. The van der Waals surface area contributed by atoms with Gasteiger partial charge in [-0.25, -0.2) is 5.01 Å². The van der Waals surface area contributed by atoms with Crippen molar-refractivity contribution in [1.29, 1.82) is 0 Å². The van der Waals surface area contributed by atoms with Crippen LogP contribution in [0.15, 0.2) is 74.1 Å². The first-order valence-electron chi connectivity index (χ1n) is 11.3. The number of nitrogens with zero attached hydrogens (tertiary/aromatic N) is 5. The van der Waals surface area contributed by atoms with Crippen molar-refractivity contribution in [2.75, 3.05) is 12.9 Å². The van der Waals surface area contributed by atoms with Gasteiger partial charge in [-0.05, 0) is 61.9 Å². The number of amides is 1. The van der Waals surface area contributed by atoms with Crippen molar-refractivity contribution in [1.82, 2.24) is 19.8 Å². The number of hydrazone groups is 1. The molecule has 1 aliphatic rings. The van der Waals surface area contributed by atoms with Gasteiger partial charge in [0.05, 0.1) is 36.7 Å². The minimum atomic E-state index is -0.302. The van der Waals surface area contributed by atoms with E-state index in [1.807, 2.05) is 60.9 Å². The van der Waals surface area contributed by atoms with Crippen molar-refractivity contribution in [3.63, 3.8) is 0 Å². The van der Waals surface area contributed by atoms with Gasteiger partial charge in [-0.3, -0.25) is 4.79 Å². The van der Waals surface area contributed by atoms with Crippen molar-refractivity contribution in [2.24, 2.45) is 5.10 Å². The van der Waals surface area contributed by atoms with Crippen LogP contribution < -0.4 is 4.74 Å². The van der Waals surface area contributed by atoms with Gasteiger partial charge in [0.25, 0.3) is 5.91 Å². The Hall–Kier alpha value is -3.79. The van der Waals surface area contributed by atoms with Crippen LogP contribution in [0, 0.1) is 6.92 Å². The predicted octanol–water partition coefficient (Wildman–Crippen LogP) is 4.94. The van der Waals surface area contributed by atoms with E-state index in [0.717, 1.165) is 34.2 Å². The third-order valence-corrected chi connectivity index (χ3v) is 6.87. The zero-order valence-corrected chi connectivity index (χ0v) is 20.5. The van der Waals surface area contributed by atoms with Crippen LogP contribution in [0.5, 0.6) is 5.75 Å². The van der Waals surface area contributed by atoms with E-state index in [9.17, 15) is 4.79 Å². The van der Waals surface area contributed by atoms with Crippen LogP contribution in [0.4, 0.5) is 0 Å². The van der Waals surface area contributed by atoms with E-state index in [-0.39, 0.29) is 17.7 Å². The van der Waals surface area contributed by atoms with E-state index in [2.05, 4.69) is 10.2 Å². The Bertz CT molecular complexity index is 1340. The van der Waals surface area contributed by atoms with Gasteiger partial charge in [-0.15, -0.1) is 10.2 Å². The summed E-state index contributed by atoms with van der Waals surface area (Å²) in [6, 6.07) is 12.9. The molecule has 0 bridgehead atoms. The largest absolute Gasteiger partial charge is 0.497 e. The summed E-state index contributed by atoms with van der Waals surface area (Å²) in [6.07, 6.45) is 3.81. The number of hydrogen-bond acceptors (Lipinski definition) is 8. The summed E-state index contributed by atoms with van der Waals surface area (Å²) in [6.45, 7) is 4.58. The highest BCUT2D eigenvalue weighted by Gasteiger charge is 2.35. The van der Waals surface area contributed by atoms with Crippen molar-refractivity contribution in [3.05, 3.63) is 72.1 Å². The van der Waals surface area contributed by atoms with E-state index < -0.39 is 0 Å². The molecular weight excluding hydrogens is 466 g/mol. The molecular formula is C25H25N5O4S. The predicted molar refractivity (Wildman–Crippen MR) is 131 cm³/mol. The number of benzene rings is 1. The SMILES string of the molecule is CCn1c(SCC(=O)N2N=C(c3ccc(OC)cc3)CC2c2ccco2)nnc1-c1ccoc1C. The minimum Gasteiger partial charge on any atom is -0.497 e. The van der Waals surface area contributed by atoms with Gasteiger partial charge in [0.2, 0.25) is 0 Å². The Labute approximate surface area is 206 Å². The third kappa shape index (κ3) is 4.49. The summed E-state index contributed by atoms with van der Waals surface area (Å²) in [4.78, 5) is 13.4. The number of ether oxygens (including phenoxy) is 1. The zero-order chi connectivity index (χ0) is 24.4. The summed E-state index contributed by atoms with van der Waals surface area (Å²) >= 11 is 1.34. The molecule has 3 aromatic heterocycles. The summed E-state index contributed by atoms with van der Waals surface area (Å²) in [5.41, 5.74) is 2.65. The fourth-order valence-corrected chi connectivity index (χ4v) is 4.94. The van der Waals surface area contributed by atoms with Crippen molar-refractivity contribution in [2.45, 2.75) is 38.0 Å². The summed E-state index contributed by atoms with van der Waals surface area (Å²) in [7, 11) is 1.63. The maximum atomic E-state index is 13.4. The molecule has 0 fully saturated rings. The lowest BCUT2D eigenvalue weighted by Gasteiger charge is -2.19. The molecule has 35 heavy (non-hydrogen) atoms. The second-order valence-electron chi connectivity index (χ2n) is 7.98. The number of rotatable bonds is 8. The molecule has 0 radical (unpaired) electrons. The van der Waals surface area contributed by atoms with Crippen molar-refractivity contribution >= 4 is 23.4 Å². The summed E-state index contributed by atoms with van der Waals surface area (Å²) in [5.74, 6) is 3.00. The Kier molecular flexibility index (Phi) is 6.45. The molecule has 1 aliphatic heterocycles. The molecule has 180 valence electrons. The number of aromatic nitrogens is 3. The number of methoxy groups -OCH3 is 1. The first-order chi connectivity index (χ1) is 17.1. The zero-order valence-electron chi connectivity index (χ0n) is 19.7. The topological polar surface area (TPSA) is 98.9 Å². The van der Waals surface area contributed by atoms with Crippen LogP contribution in [0.2, 0.25) is 0 Å². The smallest absolute Gasteiger partial charge is 0.253 e. The molecule has 0 saturated heterocycles. The van der Waals surface area contributed by atoms with Gasteiger partial charge < -0.3 is 18.1 Å². The normalized spacial score (nSPS) is 15.5. The van der Waals surface area contributed by atoms with Crippen LogP contribution in [0.25, 0.3) is 11.4 Å². The highest BCUT2D eigenvalue weighted by atomic mass is 32.2. The fraction of sp³-hybridized carbons (Fsp3) is 0.280. The lowest BCUT2D eigenvalue weighted by Crippen LogP contribution is -2.28. The summed E-state index contributed by atoms with van der Waals surface area (Å²) in [5, 5.41) is 15.6. The van der Waals surface area contributed by atoms with Crippen LogP contribution in [-0.2, 0) is 11.3 Å². The molecule has 4 heterocycles. The highest BCUT2D eigenvalue weighted by molar-refractivity contribution is 7.99. The van der Waals surface area contributed by atoms with Gasteiger partial charge in [0, 0.05) is 13.0 Å². The van der Waals surface area contributed by atoms with Crippen molar-refractivity contribution < 1.29 is 18.4 Å². The van der Waals surface area contributed by atoms with E-state index in [1.165, 1.54) is 16.8 Å². The van der Waals surface area contributed by atoms with Crippen LogP contribution in [0.3, 0.4) is 0 Å². The van der Waals surface area contributed by atoms with Crippen LogP contribution in [-0.4, -0.2) is 44.3 Å². The van der Waals surface area contributed by atoms with Crippen LogP contribution >= 0.6 is 11.8 Å². The number of carbonyl (C=O) groups excluding carboxylic acids is 1. The molecule has 0 saturated carbocycles. The molecule has 1 unspecified atom stereocenters. The average molecular weight is 492 g/mol. The molecule has 1 aromatic carbocycles. The Morgan fingerprint density at radius 3 is 2.63 bits per heavy atom. The first kappa shape index (κ1) is 23.0. The van der Waals surface area contributed by atoms with Crippen molar-refractivity contribution in [3.8, 4) is 17.1 Å². The fourth-order valence-electron chi connectivity index (χ4n) is 4.09. The van der Waals surface area contributed by atoms with Gasteiger partial charge >= 0.3 is 0 Å². The van der Waals surface area contributed by atoms with Gasteiger partial charge in [-0.1, -0.05) is 11.8 Å². The number of aryl methyl sites for hydroxylation is 1. The second-order valence-corrected chi connectivity index (χ2v) is 8.92. The maximum Gasteiger partial charge on any atom is 0.253 e. The number of hydrogen-bond donors (Lipinski definition) is 0. The molecule has 9 nitrogen and oxygen atoms in total. The van der Waals surface area contributed by atoms with E-state index in [1.54, 1.807) is 19.6 Å². The molecule has 5 rings (SSSR count). The highest BCUT2D eigenvalue weighted by Crippen LogP contribution is 2.34. The quantitative estimate of drug-likeness (QED) is 0.322. The van der Waals surface area contributed by atoms with E-state index in [4.69, 9.17) is 18.7 Å². The molecule has 1 atom stereocenters.